The maximum atomic E-state index is 12.8. The van der Waals surface area contributed by atoms with Crippen LogP contribution in [0.4, 0.5) is 0 Å². The van der Waals surface area contributed by atoms with E-state index in [2.05, 4.69) is 130 Å². The van der Waals surface area contributed by atoms with Crippen molar-refractivity contribution in [1.82, 2.24) is 0 Å². The topological polar surface area (TPSA) is 78.9 Å². The summed E-state index contributed by atoms with van der Waals surface area (Å²) in [5.41, 5.74) is 0. The summed E-state index contributed by atoms with van der Waals surface area (Å²) in [5, 5.41) is 0. The number of esters is 3. The van der Waals surface area contributed by atoms with Gasteiger partial charge in [0.25, 0.3) is 0 Å². The Hall–Kier alpha value is -3.93. The number of ether oxygens (including phenoxy) is 3. The number of rotatable bonds is 48. The molecule has 0 rings (SSSR count). The predicted molar refractivity (Wildman–Crippen MR) is 288 cm³/mol. The highest BCUT2D eigenvalue weighted by Gasteiger charge is 2.19. The van der Waals surface area contributed by atoms with Gasteiger partial charge in [0.1, 0.15) is 13.2 Å². The van der Waals surface area contributed by atoms with Crippen LogP contribution in [0.1, 0.15) is 239 Å². The van der Waals surface area contributed by atoms with Crippen molar-refractivity contribution >= 4 is 17.9 Å². The molecule has 0 saturated heterocycles. The van der Waals surface area contributed by atoms with Crippen LogP contribution in [0.3, 0.4) is 0 Å². The van der Waals surface area contributed by atoms with Crippen molar-refractivity contribution in [2.45, 2.75) is 245 Å². The Kier molecular flexibility index (Phi) is 51.5. The lowest BCUT2D eigenvalue weighted by atomic mass is 10.1. The van der Waals surface area contributed by atoms with Crippen LogP contribution in [0.2, 0.25) is 0 Å². The van der Waals surface area contributed by atoms with Gasteiger partial charge >= 0.3 is 17.9 Å². The van der Waals surface area contributed by atoms with Gasteiger partial charge in [-0.2, -0.15) is 0 Å². The van der Waals surface area contributed by atoms with Gasteiger partial charge in [-0.3, -0.25) is 14.4 Å². The van der Waals surface area contributed by atoms with Crippen LogP contribution >= 0.6 is 0 Å². The van der Waals surface area contributed by atoms with E-state index in [1.54, 1.807) is 0 Å². The van der Waals surface area contributed by atoms with E-state index >= 15 is 0 Å². The van der Waals surface area contributed by atoms with Crippen molar-refractivity contribution in [2.24, 2.45) is 0 Å². The Bertz CT molecular complexity index is 1390. The molecule has 380 valence electrons. The van der Waals surface area contributed by atoms with Gasteiger partial charge in [-0.05, 0) is 122 Å². The normalized spacial score (nSPS) is 12.9. The van der Waals surface area contributed by atoms with E-state index < -0.39 is 6.10 Å². The molecule has 0 aliphatic heterocycles. The van der Waals surface area contributed by atoms with Crippen molar-refractivity contribution < 1.29 is 28.6 Å². The van der Waals surface area contributed by atoms with Crippen molar-refractivity contribution in [2.75, 3.05) is 13.2 Å². The van der Waals surface area contributed by atoms with Gasteiger partial charge in [-0.1, -0.05) is 207 Å². The fraction of sp³-hybridized carbons (Fsp3) is 0.656. The predicted octanol–water partition coefficient (Wildman–Crippen LogP) is 18.3. The third-order valence-corrected chi connectivity index (χ3v) is 11.2. The second-order valence-electron chi connectivity index (χ2n) is 17.7. The molecule has 0 aliphatic carbocycles. The van der Waals surface area contributed by atoms with Crippen molar-refractivity contribution in [3.05, 3.63) is 109 Å². The highest BCUT2D eigenvalue weighted by atomic mass is 16.6. The first-order chi connectivity index (χ1) is 33.0. The maximum absolute atomic E-state index is 12.8. The molecule has 0 N–H and O–H groups in total. The molecule has 0 saturated carbocycles. The highest BCUT2D eigenvalue weighted by molar-refractivity contribution is 5.71. The molecule has 0 amide bonds. The zero-order valence-electron chi connectivity index (χ0n) is 43.4. The van der Waals surface area contributed by atoms with Gasteiger partial charge < -0.3 is 14.2 Å². The fourth-order valence-corrected chi connectivity index (χ4v) is 7.18. The van der Waals surface area contributed by atoms with Gasteiger partial charge in [0.05, 0.1) is 0 Å². The van der Waals surface area contributed by atoms with E-state index in [0.717, 1.165) is 116 Å². The van der Waals surface area contributed by atoms with Crippen molar-refractivity contribution in [3.63, 3.8) is 0 Å². The molecule has 0 radical (unpaired) electrons. The summed E-state index contributed by atoms with van der Waals surface area (Å²) in [6.45, 7) is 6.34. The third kappa shape index (κ3) is 52.9. The standard InChI is InChI=1S/C61H100O6/c1-4-7-10-13-16-19-22-25-28-30-33-35-38-41-44-47-50-53-59(62)65-56-58(67-61(64)55-52-49-46-43-40-37-32-27-24-21-18-15-12-9-6-3)57-66-60(63)54-51-48-45-42-39-36-34-31-29-26-23-20-17-14-11-8-5-2/h7,9-10,12,16,18-19,21,25-29,32-33,35,40,43,58H,4-6,8,11,13-15,17,20,22-24,30-31,34,36-39,41-42,44-57H2,1-3H3/b10-7-,12-9-,19-16-,21-18-,28-25-,29-26-,32-27-,35-33-,43-40-/t58-/m1/s1. The molecule has 0 aliphatic rings. The van der Waals surface area contributed by atoms with Crippen LogP contribution in [0.25, 0.3) is 0 Å². The summed E-state index contributed by atoms with van der Waals surface area (Å²) in [6, 6.07) is 0. The number of carbonyl (C=O) groups is 3. The summed E-state index contributed by atoms with van der Waals surface area (Å²) >= 11 is 0. The van der Waals surface area contributed by atoms with Gasteiger partial charge in [-0.25, -0.2) is 0 Å². The summed E-state index contributed by atoms with van der Waals surface area (Å²) in [7, 11) is 0. The Morgan fingerprint density at radius 2 is 0.582 bits per heavy atom. The van der Waals surface area contributed by atoms with E-state index in [-0.39, 0.29) is 37.5 Å². The monoisotopic (exact) mass is 929 g/mol. The van der Waals surface area contributed by atoms with Gasteiger partial charge in [0.15, 0.2) is 6.10 Å². The van der Waals surface area contributed by atoms with Gasteiger partial charge in [0.2, 0.25) is 0 Å². The first-order valence-corrected chi connectivity index (χ1v) is 27.4. The molecular weight excluding hydrogens is 829 g/mol. The molecule has 6 heteroatoms. The Labute approximate surface area is 412 Å². The molecule has 0 aromatic carbocycles. The lowest BCUT2D eigenvalue weighted by Gasteiger charge is -2.18. The number of hydrogen-bond acceptors (Lipinski definition) is 6. The Balaban J connectivity index is 4.50. The summed E-state index contributed by atoms with van der Waals surface area (Å²) in [4.78, 5) is 38.1. The molecular formula is C61H100O6. The second-order valence-corrected chi connectivity index (χ2v) is 17.7. The van der Waals surface area contributed by atoms with Gasteiger partial charge in [0, 0.05) is 19.3 Å². The Morgan fingerprint density at radius 1 is 0.313 bits per heavy atom. The molecule has 0 bridgehead atoms. The molecule has 67 heavy (non-hydrogen) atoms. The number of carbonyl (C=O) groups excluding carboxylic acids is 3. The minimum Gasteiger partial charge on any atom is -0.462 e. The molecule has 0 heterocycles. The molecule has 0 aromatic heterocycles. The minimum atomic E-state index is -0.814. The average Bonchev–Trinajstić information content (AvgIpc) is 3.33. The summed E-state index contributed by atoms with van der Waals surface area (Å²) in [5.74, 6) is -0.979. The van der Waals surface area contributed by atoms with E-state index in [0.29, 0.717) is 19.3 Å². The SMILES string of the molecule is CC/C=C\C/C=C\C/C=C\C/C=C\CCCCCCC(=O)OC[C@H](COC(=O)CCCCCCCCC/C=C\CCCCCCCC)OC(=O)CCCC/C=C\C/C=C\C/C=C\C/C=C\CC. The van der Waals surface area contributed by atoms with Crippen LogP contribution in [-0.2, 0) is 28.6 Å². The lowest BCUT2D eigenvalue weighted by Crippen LogP contribution is -2.30. The van der Waals surface area contributed by atoms with Crippen LogP contribution in [0.5, 0.6) is 0 Å². The molecule has 0 spiro atoms. The van der Waals surface area contributed by atoms with Crippen molar-refractivity contribution in [1.29, 1.82) is 0 Å². The average molecular weight is 929 g/mol. The quantitative estimate of drug-likeness (QED) is 0.0262. The molecule has 1 atom stereocenters. The Morgan fingerprint density at radius 3 is 0.955 bits per heavy atom. The molecule has 0 fully saturated rings. The number of unbranched alkanes of at least 4 members (excludes halogenated alkanes) is 19. The number of hydrogen-bond donors (Lipinski definition) is 0. The first kappa shape index (κ1) is 63.1. The highest BCUT2D eigenvalue weighted by Crippen LogP contribution is 2.13. The molecule has 0 aromatic rings. The zero-order valence-corrected chi connectivity index (χ0v) is 43.4. The largest absolute Gasteiger partial charge is 0.462 e. The van der Waals surface area contributed by atoms with E-state index in [1.165, 1.54) is 77.0 Å². The zero-order chi connectivity index (χ0) is 48.6. The number of allylic oxidation sites excluding steroid dienone is 18. The summed E-state index contributed by atoms with van der Waals surface area (Å²) in [6.07, 6.45) is 73.6. The van der Waals surface area contributed by atoms with E-state index in [1.807, 2.05) is 0 Å². The van der Waals surface area contributed by atoms with E-state index in [4.69, 9.17) is 14.2 Å². The van der Waals surface area contributed by atoms with E-state index in [9.17, 15) is 14.4 Å². The van der Waals surface area contributed by atoms with Crippen LogP contribution < -0.4 is 0 Å². The van der Waals surface area contributed by atoms with Crippen LogP contribution in [0, 0.1) is 0 Å². The first-order valence-electron chi connectivity index (χ1n) is 27.4. The lowest BCUT2D eigenvalue weighted by molar-refractivity contribution is -0.167. The third-order valence-electron chi connectivity index (χ3n) is 11.2. The fourth-order valence-electron chi connectivity index (χ4n) is 7.18. The molecule has 0 unspecified atom stereocenters. The molecule has 6 nitrogen and oxygen atoms in total. The van der Waals surface area contributed by atoms with Crippen LogP contribution in [-0.4, -0.2) is 37.2 Å². The minimum absolute atomic E-state index is 0.107. The van der Waals surface area contributed by atoms with Crippen LogP contribution in [0.15, 0.2) is 109 Å². The van der Waals surface area contributed by atoms with Crippen molar-refractivity contribution in [3.8, 4) is 0 Å². The van der Waals surface area contributed by atoms with Gasteiger partial charge in [-0.15, -0.1) is 0 Å². The summed E-state index contributed by atoms with van der Waals surface area (Å²) < 4.78 is 16.8. The smallest absolute Gasteiger partial charge is 0.306 e. The maximum Gasteiger partial charge on any atom is 0.306 e. The second kappa shape index (κ2) is 54.7.